The number of carboxylic acids is 1. The van der Waals surface area contributed by atoms with Gasteiger partial charge in [-0.05, 0) is 6.92 Å². The SMILES string of the molecule is CCOC(=O)/C=C/C1CNC1.O=C(O)C(F)(F)F. The minimum Gasteiger partial charge on any atom is -0.475 e. The second-order valence-corrected chi connectivity index (χ2v) is 3.33. The molecule has 0 aliphatic carbocycles. The first-order valence-electron chi connectivity index (χ1n) is 5.13. The zero-order valence-corrected chi connectivity index (χ0v) is 9.66. The number of alkyl halides is 3. The lowest BCUT2D eigenvalue weighted by Crippen LogP contribution is -2.40. The quantitative estimate of drug-likeness (QED) is 0.589. The van der Waals surface area contributed by atoms with Crippen LogP contribution in [0, 0.1) is 5.92 Å². The highest BCUT2D eigenvalue weighted by atomic mass is 19.4. The zero-order chi connectivity index (χ0) is 14.2. The van der Waals surface area contributed by atoms with Crippen LogP contribution in [0.2, 0.25) is 0 Å². The summed E-state index contributed by atoms with van der Waals surface area (Å²) in [5.74, 6) is -2.47. The molecule has 18 heavy (non-hydrogen) atoms. The van der Waals surface area contributed by atoms with Crippen LogP contribution < -0.4 is 5.32 Å². The molecular formula is C10H14F3NO4. The van der Waals surface area contributed by atoms with Crippen LogP contribution in [0.4, 0.5) is 13.2 Å². The van der Waals surface area contributed by atoms with E-state index in [0.717, 1.165) is 13.1 Å². The van der Waals surface area contributed by atoms with Gasteiger partial charge in [-0.15, -0.1) is 0 Å². The molecule has 1 aliphatic heterocycles. The molecule has 0 radical (unpaired) electrons. The Morgan fingerprint density at radius 2 is 1.94 bits per heavy atom. The van der Waals surface area contributed by atoms with Crippen molar-refractivity contribution in [3.05, 3.63) is 12.2 Å². The number of carbonyl (C=O) groups excluding carboxylic acids is 1. The number of esters is 1. The third-order valence-corrected chi connectivity index (χ3v) is 1.85. The normalized spacial score (nSPS) is 15.6. The standard InChI is InChI=1S/C8H13NO2.C2HF3O2/c1-2-11-8(10)4-3-7-5-9-6-7;3-2(4,5)1(6)7/h3-4,7,9H,2,5-6H2,1H3;(H,6,7)/b4-3+;. The molecule has 0 amide bonds. The molecule has 0 spiro atoms. The van der Waals surface area contributed by atoms with Crippen LogP contribution in [-0.4, -0.2) is 42.9 Å². The topological polar surface area (TPSA) is 75.6 Å². The molecule has 1 fully saturated rings. The molecule has 1 heterocycles. The van der Waals surface area contributed by atoms with Crippen molar-refractivity contribution in [1.29, 1.82) is 0 Å². The summed E-state index contributed by atoms with van der Waals surface area (Å²) < 4.78 is 36.5. The third-order valence-electron chi connectivity index (χ3n) is 1.85. The van der Waals surface area contributed by atoms with Gasteiger partial charge >= 0.3 is 18.1 Å². The van der Waals surface area contributed by atoms with E-state index in [1.165, 1.54) is 6.08 Å². The predicted octanol–water partition coefficient (Wildman–Crippen LogP) is 0.958. The molecule has 2 N–H and O–H groups in total. The van der Waals surface area contributed by atoms with E-state index in [0.29, 0.717) is 12.5 Å². The lowest BCUT2D eigenvalue weighted by Gasteiger charge is -2.23. The van der Waals surface area contributed by atoms with E-state index in [1.54, 1.807) is 6.92 Å². The van der Waals surface area contributed by atoms with Gasteiger partial charge in [-0.3, -0.25) is 0 Å². The van der Waals surface area contributed by atoms with Crippen molar-refractivity contribution in [2.45, 2.75) is 13.1 Å². The van der Waals surface area contributed by atoms with E-state index < -0.39 is 12.1 Å². The molecule has 104 valence electrons. The van der Waals surface area contributed by atoms with Gasteiger partial charge in [-0.1, -0.05) is 6.08 Å². The van der Waals surface area contributed by atoms with Crippen molar-refractivity contribution >= 4 is 11.9 Å². The molecular weight excluding hydrogens is 255 g/mol. The fourth-order valence-corrected chi connectivity index (χ4v) is 0.852. The highest BCUT2D eigenvalue weighted by Gasteiger charge is 2.38. The molecule has 8 heteroatoms. The van der Waals surface area contributed by atoms with E-state index >= 15 is 0 Å². The van der Waals surface area contributed by atoms with Crippen LogP contribution in [0.1, 0.15) is 6.92 Å². The number of hydrogen-bond donors (Lipinski definition) is 2. The molecule has 0 saturated carbocycles. The van der Waals surface area contributed by atoms with Crippen LogP contribution in [0.5, 0.6) is 0 Å². The number of aliphatic carboxylic acids is 1. The summed E-state index contributed by atoms with van der Waals surface area (Å²) >= 11 is 0. The Morgan fingerprint density at radius 3 is 2.22 bits per heavy atom. The summed E-state index contributed by atoms with van der Waals surface area (Å²) in [6.45, 7) is 4.22. The zero-order valence-electron chi connectivity index (χ0n) is 9.66. The Labute approximate surface area is 102 Å². The molecule has 0 aromatic rings. The fraction of sp³-hybridized carbons (Fsp3) is 0.600. The number of carboxylic acid groups (broad SMARTS) is 1. The second kappa shape index (κ2) is 7.70. The van der Waals surface area contributed by atoms with E-state index in [4.69, 9.17) is 14.6 Å². The minimum atomic E-state index is -5.08. The van der Waals surface area contributed by atoms with E-state index in [-0.39, 0.29) is 5.97 Å². The molecule has 0 aromatic heterocycles. The summed E-state index contributed by atoms with van der Waals surface area (Å²) in [5, 5.41) is 10.2. The Hall–Kier alpha value is -1.57. The smallest absolute Gasteiger partial charge is 0.475 e. The Morgan fingerprint density at radius 1 is 1.44 bits per heavy atom. The van der Waals surface area contributed by atoms with Gasteiger partial charge in [-0.25, -0.2) is 9.59 Å². The number of carbonyl (C=O) groups is 2. The van der Waals surface area contributed by atoms with Crippen LogP contribution >= 0.6 is 0 Å². The van der Waals surface area contributed by atoms with Crippen LogP contribution in [-0.2, 0) is 14.3 Å². The largest absolute Gasteiger partial charge is 0.490 e. The first kappa shape index (κ1) is 16.4. The summed E-state index contributed by atoms with van der Waals surface area (Å²) in [6.07, 6.45) is -1.68. The summed E-state index contributed by atoms with van der Waals surface area (Å²) in [5.41, 5.74) is 0. The molecule has 1 saturated heterocycles. The maximum absolute atomic E-state index is 10.8. The van der Waals surface area contributed by atoms with Gasteiger partial charge in [-0.2, -0.15) is 13.2 Å². The Balaban J connectivity index is 0.000000360. The summed E-state index contributed by atoms with van der Waals surface area (Å²) in [6, 6.07) is 0. The Bertz CT molecular complexity index is 311. The average Bonchev–Trinajstić information content (AvgIpc) is 2.15. The van der Waals surface area contributed by atoms with Crippen LogP contribution in [0.3, 0.4) is 0 Å². The van der Waals surface area contributed by atoms with E-state index in [2.05, 4.69) is 5.32 Å². The molecule has 0 atom stereocenters. The molecule has 1 rings (SSSR count). The number of rotatable bonds is 3. The maximum Gasteiger partial charge on any atom is 0.490 e. The molecule has 5 nitrogen and oxygen atoms in total. The van der Waals surface area contributed by atoms with Gasteiger partial charge < -0.3 is 15.2 Å². The molecule has 0 bridgehead atoms. The molecule has 1 aliphatic rings. The number of ether oxygens (including phenoxy) is 1. The third kappa shape index (κ3) is 7.66. The summed E-state index contributed by atoms with van der Waals surface area (Å²) in [4.78, 5) is 19.7. The number of hydrogen-bond acceptors (Lipinski definition) is 4. The van der Waals surface area contributed by atoms with Gasteiger partial charge in [0.05, 0.1) is 6.61 Å². The minimum absolute atomic E-state index is 0.237. The first-order valence-corrected chi connectivity index (χ1v) is 5.13. The lowest BCUT2D eigenvalue weighted by molar-refractivity contribution is -0.192. The average molecular weight is 269 g/mol. The van der Waals surface area contributed by atoms with E-state index in [9.17, 15) is 18.0 Å². The van der Waals surface area contributed by atoms with Crippen LogP contribution in [0.25, 0.3) is 0 Å². The Kier molecular flexibility index (Phi) is 7.03. The highest BCUT2D eigenvalue weighted by molar-refractivity contribution is 5.81. The predicted molar refractivity (Wildman–Crippen MR) is 55.8 cm³/mol. The monoisotopic (exact) mass is 269 g/mol. The number of nitrogens with one attached hydrogen (secondary N) is 1. The highest BCUT2D eigenvalue weighted by Crippen LogP contribution is 2.13. The van der Waals surface area contributed by atoms with Crippen LogP contribution in [0.15, 0.2) is 12.2 Å². The summed E-state index contributed by atoms with van der Waals surface area (Å²) in [7, 11) is 0. The molecule has 0 aromatic carbocycles. The van der Waals surface area contributed by atoms with Crippen molar-refractivity contribution in [1.82, 2.24) is 5.32 Å². The second-order valence-electron chi connectivity index (χ2n) is 3.33. The van der Waals surface area contributed by atoms with Crippen molar-refractivity contribution in [3.8, 4) is 0 Å². The maximum atomic E-state index is 10.8. The van der Waals surface area contributed by atoms with Gasteiger partial charge in [0.2, 0.25) is 0 Å². The van der Waals surface area contributed by atoms with Crippen molar-refractivity contribution in [2.24, 2.45) is 5.92 Å². The number of halogens is 3. The van der Waals surface area contributed by atoms with E-state index in [1.807, 2.05) is 6.08 Å². The van der Waals surface area contributed by atoms with Crippen molar-refractivity contribution in [2.75, 3.05) is 19.7 Å². The van der Waals surface area contributed by atoms with Gasteiger partial charge in [0.25, 0.3) is 0 Å². The molecule has 0 unspecified atom stereocenters. The lowest BCUT2D eigenvalue weighted by atomic mass is 10.0. The van der Waals surface area contributed by atoms with Gasteiger partial charge in [0.1, 0.15) is 0 Å². The first-order chi connectivity index (χ1) is 8.27. The van der Waals surface area contributed by atoms with Crippen molar-refractivity contribution in [3.63, 3.8) is 0 Å². The fourth-order valence-electron chi connectivity index (χ4n) is 0.852. The van der Waals surface area contributed by atoms with Crippen molar-refractivity contribution < 1.29 is 32.6 Å². The van der Waals surface area contributed by atoms with Gasteiger partial charge in [0.15, 0.2) is 0 Å². The van der Waals surface area contributed by atoms with Gasteiger partial charge in [0, 0.05) is 25.1 Å².